The van der Waals surface area contributed by atoms with E-state index in [9.17, 15) is 0 Å². The third-order valence-electron chi connectivity index (χ3n) is 2.64. The fourth-order valence-corrected chi connectivity index (χ4v) is 2.42. The highest BCUT2D eigenvalue weighted by atomic mass is 79.9. The zero-order valence-corrected chi connectivity index (χ0v) is 13.6. The number of nitrogens with one attached hydrogen (secondary N) is 2. The molecule has 2 aromatic rings. The molecule has 2 N–H and O–H groups in total. The van der Waals surface area contributed by atoms with Crippen LogP contribution in [-0.4, -0.2) is 15.5 Å². The van der Waals surface area contributed by atoms with Crippen LogP contribution in [0.4, 0.5) is 0 Å². The van der Waals surface area contributed by atoms with E-state index in [-0.39, 0.29) is 5.54 Å². The normalized spacial score (nSPS) is 11.8. The largest absolute Gasteiger partial charge is 0.341 e. The monoisotopic (exact) mass is 341 g/mol. The van der Waals surface area contributed by atoms with Crippen LogP contribution >= 0.6 is 27.5 Å². The molecule has 0 spiro atoms. The number of benzene rings is 1. The van der Waals surface area contributed by atoms with E-state index >= 15 is 0 Å². The summed E-state index contributed by atoms with van der Waals surface area (Å²) in [4.78, 5) is 7.66. The predicted octanol–water partition coefficient (Wildman–Crippen LogP) is 4.38. The van der Waals surface area contributed by atoms with Gasteiger partial charge in [-0.3, -0.25) is 0 Å². The van der Waals surface area contributed by atoms with E-state index < -0.39 is 0 Å². The number of nitrogens with zero attached hydrogens (tertiary/aromatic N) is 1. The maximum atomic E-state index is 6.23. The van der Waals surface area contributed by atoms with Gasteiger partial charge < -0.3 is 10.3 Å². The number of rotatable bonds is 3. The number of hydrogen-bond acceptors (Lipinski definition) is 2. The van der Waals surface area contributed by atoms with Crippen molar-refractivity contribution in [3.8, 4) is 11.3 Å². The van der Waals surface area contributed by atoms with E-state index in [1.165, 1.54) is 0 Å². The van der Waals surface area contributed by atoms with Crippen molar-refractivity contribution < 1.29 is 0 Å². The lowest BCUT2D eigenvalue weighted by Gasteiger charge is -2.19. The minimum absolute atomic E-state index is 0.0716. The van der Waals surface area contributed by atoms with Gasteiger partial charge in [-0.15, -0.1) is 0 Å². The highest BCUT2D eigenvalue weighted by Crippen LogP contribution is 2.29. The van der Waals surface area contributed by atoms with Gasteiger partial charge in [0.25, 0.3) is 0 Å². The zero-order chi connectivity index (χ0) is 14.0. The smallest absolute Gasteiger partial charge is 0.120 e. The van der Waals surface area contributed by atoms with Crippen molar-refractivity contribution in [2.45, 2.75) is 32.9 Å². The Kier molecular flexibility index (Phi) is 4.33. The third-order valence-corrected chi connectivity index (χ3v) is 3.44. The number of aromatic nitrogens is 2. The molecular weight excluding hydrogens is 326 g/mol. The van der Waals surface area contributed by atoms with Gasteiger partial charge in [0.1, 0.15) is 5.82 Å². The Morgan fingerprint density at radius 3 is 2.74 bits per heavy atom. The lowest BCUT2D eigenvalue weighted by atomic mass is 10.1. The molecule has 0 atom stereocenters. The molecule has 0 aliphatic carbocycles. The van der Waals surface area contributed by atoms with Crippen LogP contribution in [0.5, 0.6) is 0 Å². The molecule has 0 fully saturated rings. The van der Waals surface area contributed by atoms with Crippen LogP contribution in [0.25, 0.3) is 11.3 Å². The molecule has 0 aliphatic rings. The van der Waals surface area contributed by atoms with Crippen molar-refractivity contribution in [1.29, 1.82) is 0 Å². The predicted molar refractivity (Wildman–Crippen MR) is 83.3 cm³/mol. The molecule has 5 heteroatoms. The van der Waals surface area contributed by atoms with Crippen LogP contribution in [0.1, 0.15) is 26.6 Å². The van der Waals surface area contributed by atoms with Gasteiger partial charge in [0.05, 0.1) is 23.5 Å². The molecule has 0 saturated heterocycles. The Labute approximate surface area is 126 Å². The Morgan fingerprint density at radius 1 is 1.37 bits per heavy atom. The van der Waals surface area contributed by atoms with Crippen LogP contribution in [-0.2, 0) is 6.54 Å². The van der Waals surface area contributed by atoms with E-state index in [0.717, 1.165) is 21.6 Å². The average molecular weight is 343 g/mol. The van der Waals surface area contributed by atoms with Gasteiger partial charge in [0.15, 0.2) is 0 Å². The molecule has 3 nitrogen and oxygen atoms in total. The van der Waals surface area contributed by atoms with Gasteiger partial charge in [-0.25, -0.2) is 4.98 Å². The van der Waals surface area contributed by atoms with Crippen LogP contribution in [0.3, 0.4) is 0 Å². The number of aromatic amines is 1. The molecule has 2 rings (SSSR count). The molecule has 102 valence electrons. The molecule has 0 unspecified atom stereocenters. The molecule has 0 amide bonds. The third kappa shape index (κ3) is 4.06. The summed E-state index contributed by atoms with van der Waals surface area (Å²) in [5.41, 5.74) is 1.96. The second-order valence-electron chi connectivity index (χ2n) is 5.47. The molecule has 1 heterocycles. The van der Waals surface area contributed by atoms with Crippen LogP contribution in [0, 0.1) is 0 Å². The summed E-state index contributed by atoms with van der Waals surface area (Å²) in [5.74, 6) is 0.906. The Hall–Kier alpha value is -0.840. The van der Waals surface area contributed by atoms with Gasteiger partial charge in [-0.2, -0.15) is 0 Å². The second-order valence-corrected chi connectivity index (χ2v) is 6.79. The van der Waals surface area contributed by atoms with Gasteiger partial charge in [0.2, 0.25) is 0 Å². The van der Waals surface area contributed by atoms with Crippen molar-refractivity contribution in [3.05, 3.63) is 39.7 Å². The van der Waals surface area contributed by atoms with Crippen molar-refractivity contribution >= 4 is 27.5 Å². The summed E-state index contributed by atoms with van der Waals surface area (Å²) >= 11 is 9.63. The summed E-state index contributed by atoms with van der Waals surface area (Å²) in [6.07, 6.45) is 1.81. The number of H-pyrrole nitrogens is 1. The van der Waals surface area contributed by atoms with Crippen molar-refractivity contribution in [3.63, 3.8) is 0 Å². The SMILES string of the molecule is CC(C)(C)NCc1ncc(-c2ccc(Br)cc2Cl)[nH]1. The fourth-order valence-electron chi connectivity index (χ4n) is 1.65. The highest BCUT2D eigenvalue weighted by Gasteiger charge is 2.11. The highest BCUT2D eigenvalue weighted by molar-refractivity contribution is 9.10. The maximum Gasteiger partial charge on any atom is 0.120 e. The first-order valence-electron chi connectivity index (χ1n) is 6.09. The fraction of sp³-hybridized carbons (Fsp3) is 0.357. The molecule has 0 bridgehead atoms. The van der Waals surface area contributed by atoms with Gasteiger partial charge in [0, 0.05) is 15.6 Å². The van der Waals surface area contributed by atoms with Gasteiger partial charge in [-0.1, -0.05) is 33.6 Å². The van der Waals surface area contributed by atoms with Crippen molar-refractivity contribution in [2.24, 2.45) is 0 Å². The number of imidazole rings is 1. The summed E-state index contributed by atoms with van der Waals surface area (Å²) in [6, 6.07) is 5.82. The quantitative estimate of drug-likeness (QED) is 0.869. The van der Waals surface area contributed by atoms with E-state index in [1.54, 1.807) is 0 Å². The van der Waals surface area contributed by atoms with E-state index in [2.05, 4.69) is 52.0 Å². The number of hydrogen-bond donors (Lipinski definition) is 2. The minimum Gasteiger partial charge on any atom is -0.341 e. The van der Waals surface area contributed by atoms with E-state index in [0.29, 0.717) is 11.6 Å². The summed E-state index contributed by atoms with van der Waals surface area (Å²) in [6.45, 7) is 7.09. The van der Waals surface area contributed by atoms with Crippen molar-refractivity contribution in [1.82, 2.24) is 15.3 Å². The first-order valence-corrected chi connectivity index (χ1v) is 7.26. The molecule has 1 aromatic carbocycles. The lowest BCUT2D eigenvalue weighted by molar-refractivity contribution is 0.418. The average Bonchev–Trinajstić information content (AvgIpc) is 2.74. The summed E-state index contributed by atoms with van der Waals surface area (Å²) in [7, 11) is 0. The van der Waals surface area contributed by atoms with Gasteiger partial charge in [-0.05, 0) is 32.9 Å². The Morgan fingerprint density at radius 2 is 2.11 bits per heavy atom. The minimum atomic E-state index is 0.0716. The molecule has 0 aliphatic heterocycles. The molecular formula is C14H17BrClN3. The topological polar surface area (TPSA) is 40.7 Å². The summed E-state index contributed by atoms with van der Waals surface area (Å²) in [5, 5.41) is 4.09. The van der Waals surface area contributed by atoms with Crippen LogP contribution in [0.15, 0.2) is 28.9 Å². The Balaban J connectivity index is 2.16. The molecule has 0 saturated carbocycles. The van der Waals surface area contributed by atoms with Crippen LogP contribution < -0.4 is 5.32 Å². The second kappa shape index (κ2) is 5.65. The maximum absolute atomic E-state index is 6.23. The van der Waals surface area contributed by atoms with E-state index in [1.807, 2.05) is 24.4 Å². The van der Waals surface area contributed by atoms with Crippen molar-refractivity contribution in [2.75, 3.05) is 0 Å². The van der Waals surface area contributed by atoms with Crippen LogP contribution in [0.2, 0.25) is 5.02 Å². The number of halogens is 2. The van der Waals surface area contributed by atoms with Gasteiger partial charge >= 0.3 is 0 Å². The standard InChI is InChI=1S/C14H17BrClN3/c1-14(2,3)18-8-13-17-7-12(19-13)10-5-4-9(15)6-11(10)16/h4-7,18H,8H2,1-3H3,(H,17,19). The van der Waals surface area contributed by atoms with E-state index in [4.69, 9.17) is 11.6 Å². The summed E-state index contributed by atoms with van der Waals surface area (Å²) < 4.78 is 0.968. The zero-order valence-electron chi connectivity index (χ0n) is 11.2. The molecule has 0 radical (unpaired) electrons. The molecule has 19 heavy (non-hydrogen) atoms. The first-order chi connectivity index (χ1) is 8.85. The Bertz CT molecular complexity index is 572. The first kappa shape index (κ1) is 14.6. The lowest BCUT2D eigenvalue weighted by Crippen LogP contribution is -2.35. The molecule has 1 aromatic heterocycles.